The van der Waals surface area contributed by atoms with Crippen LogP contribution in [0.4, 0.5) is 16.4 Å². The summed E-state index contributed by atoms with van der Waals surface area (Å²) in [6.07, 6.45) is 8.83. The number of rotatable bonds is 7. The van der Waals surface area contributed by atoms with Crippen LogP contribution in [0.3, 0.4) is 0 Å². The first-order chi connectivity index (χ1) is 15.7. The second-order valence-corrected chi connectivity index (χ2v) is 11.7. The van der Waals surface area contributed by atoms with E-state index in [1.807, 2.05) is 13.0 Å². The van der Waals surface area contributed by atoms with Crippen LogP contribution in [0.1, 0.15) is 56.3 Å². The summed E-state index contributed by atoms with van der Waals surface area (Å²) in [6, 6.07) is 3.73. The number of hydrogen-bond acceptors (Lipinski definition) is 8. The average Bonchev–Trinajstić information content (AvgIpc) is 3.12. The number of aromatic nitrogens is 5. The number of hydrogen-bond donors (Lipinski definition) is 4. The number of nitrogens with zero attached hydrogens (tertiary/aromatic N) is 4. The predicted molar refractivity (Wildman–Crippen MR) is 123 cm³/mol. The van der Waals surface area contributed by atoms with Crippen molar-refractivity contribution in [3.63, 3.8) is 0 Å². The quantitative estimate of drug-likeness (QED) is 0.412. The van der Waals surface area contributed by atoms with Crippen LogP contribution in [-0.2, 0) is 20.2 Å². The molecule has 3 atom stereocenters. The number of ether oxygens (including phenoxy) is 1. The molecule has 3 aromatic rings. The minimum absolute atomic E-state index is 0.0801. The second-order valence-electron chi connectivity index (χ2n) is 9.45. The summed E-state index contributed by atoms with van der Waals surface area (Å²) in [6.45, 7) is 2.03. The number of carbonyl (C=O) groups excluding carboxylic acids is 1. The molecule has 3 aromatic heterocycles. The van der Waals surface area contributed by atoms with E-state index in [1.165, 1.54) is 6.26 Å². The van der Waals surface area contributed by atoms with Crippen molar-refractivity contribution in [1.82, 2.24) is 30.1 Å². The van der Waals surface area contributed by atoms with Gasteiger partial charge in [0.1, 0.15) is 11.6 Å². The molecule has 12 heteroatoms. The van der Waals surface area contributed by atoms with Crippen LogP contribution in [0.2, 0.25) is 0 Å². The van der Waals surface area contributed by atoms with E-state index in [4.69, 9.17) is 9.52 Å². The van der Waals surface area contributed by atoms with Gasteiger partial charge in [-0.3, -0.25) is 9.88 Å². The Balaban J connectivity index is 1.23. The number of alkyl carbamates (subject to hydrolysis) is 1. The Labute approximate surface area is 191 Å². The zero-order valence-electron chi connectivity index (χ0n) is 18.6. The number of carbonyl (C=O) groups is 1. The number of aromatic amines is 1. The van der Waals surface area contributed by atoms with E-state index >= 15 is 0 Å². The van der Waals surface area contributed by atoms with E-state index < -0.39 is 9.73 Å². The average molecular weight is 473 g/mol. The maximum Gasteiger partial charge on any atom is 0.407 e. The number of H-pyrrole nitrogens is 1. The molecule has 5 rings (SSSR count). The summed E-state index contributed by atoms with van der Waals surface area (Å²) in [4.78, 5) is 16.5. The topological polar surface area (TPSA) is 150 Å². The first-order valence-electron chi connectivity index (χ1n) is 11.0. The standard InChI is InChI=1S/C21H28N8O3S/c1-21(5-6-21)25-20(30)32-15-4-3-13(9-15)16-11-18(27-26-16)24-19-17-10-14(12-33(2,22)31)28-29(17)8-7-23-19/h7-8,10-11,13,15,22H,3-6,9,12H2,1-2H3,(H,25,30)(H2,23,24,26,27). The van der Waals surface area contributed by atoms with Gasteiger partial charge in [-0.15, -0.1) is 0 Å². The van der Waals surface area contributed by atoms with Crippen LogP contribution in [0.5, 0.6) is 0 Å². The van der Waals surface area contributed by atoms with Crippen molar-refractivity contribution in [2.75, 3.05) is 11.6 Å². The first-order valence-corrected chi connectivity index (χ1v) is 13.2. The fraction of sp³-hybridized carbons (Fsp3) is 0.524. The van der Waals surface area contributed by atoms with Crippen molar-refractivity contribution in [3.8, 4) is 0 Å². The lowest BCUT2D eigenvalue weighted by atomic mass is 10.0. The zero-order chi connectivity index (χ0) is 23.2. The Morgan fingerprint density at radius 3 is 2.97 bits per heavy atom. The third kappa shape index (κ3) is 5.10. The molecule has 0 saturated heterocycles. The van der Waals surface area contributed by atoms with Gasteiger partial charge in [0.2, 0.25) is 0 Å². The summed E-state index contributed by atoms with van der Waals surface area (Å²) in [5.41, 5.74) is 2.20. The minimum Gasteiger partial charge on any atom is -0.446 e. The monoisotopic (exact) mass is 472 g/mol. The van der Waals surface area contributed by atoms with Crippen LogP contribution in [-0.4, -0.2) is 53.0 Å². The van der Waals surface area contributed by atoms with Gasteiger partial charge in [-0.25, -0.2) is 18.5 Å². The normalized spacial score (nSPS) is 23.2. The van der Waals surface area contributed by atoms with Crippen molar-refractivity contribution < 1.29 is 13.7 Å². The summed E-state index contributed by atoms with van der Waals surface area (Å²) in [5, 5.41) is 18.0. The molecule has 0 spiro atoms. The molecular weight excluding hydrogens is 444 g/mol. The SMILES string of the molecule is CC1(NC(=O)OC2CCC(c3cc(Nc4nccn5nc(CS(C)(=N)=O)cc45)n[nH]3)C2)CC1. The summed E-state index contributed by atoms with van der Waals surface area (Å²) < 4.78 is 26.7. The highest BCUT2D eigenvalue weighted by molar-refractivity contribution is 7.90. The van der Waals surface area contributed by atoms with Gasteiger partial charge < -0.3 is 15.4 Å². The molecule has 3 heterocycles. The van der Waals surface area contributed by atoms with Gasteiger partial charge >= 0.3 is 6.09 Å². The van der Waals surface area contributed by atoms with Crippen LogP contribution in [0, 0.1) is 4.78 Å². The first kappa shape index (κ1) is 21.7. The number of fused-ring (bicyclic) bond motifs is 1. The Hall–Kier alpha value is -3.15. The van der Waals surface area contributed by atoms with Crippen molar-refractivity contribution in [1.29, 1.82) is 4.78 Å². The Bertz CT molecular complexity index is 1290. The zero-order valence-corrected chi connectivity index (χ0v) is 19.4. The Kier molecular flexibility index (Phi) is 5.26. The lowest BCUT2D eigenvalue weighted by Crippen LogP contribution is -2.36. The molecule has 176 valence electrons. The van der Waals surface area contributed by atoms with E-state index in [9.17, 15) is 9.00 Å². The molecule has 0 aliphatic heterocycles. The third-order valence-electron chi connectivity index (χ3n) is 6.21. The van der Waals surface area contributed by atoms with Gasteiger partial charge in [0.05, 0.1) is 11.4 Å². The highest BCUT2D eigenvalue weighted by atomic mass is 32.2. The van der Waals surface area contributed by atoms with Gasteiger partial charge in [-0.2, -0.15) is 10.2 Å². The van der Waals surface area contributed by atoms with Gasteiger partial charge in [0, 0.05) is 51.6 Å². The Morgan fingerprint density at radius 2 is 2.21 bits per heavy atom. The predicted octanol–water partition coefficient (Wildman–Crippen LogP) is 3.29. The fourth-order valence-corrected chi connectivity index (χ4v) is 4.93. The van der Waals surface area contributed by atoms with Gasteiger partial charge in [0.25, 0.3) is 0 Å². The smallest absolute Gasteiger partial charge is 0.407 e. The van der Waals surface area contributed by atoms with Gasteiger partial charge in [0.15, 0.2) is 11.6 Å². The Morgan fingerprint density at radius 1 is 1.39 bits per heavy atom. The molecule has 11 nitrogen and oxygen atoms in total. The second kappa shape index (κ2) is 8.01. The molecule has 0 radical (unpaired) electrons. The largest absolute Gasteiger partial charge is 0.446 e. The molecule has 2 aliphatic rings. The fourth-order valence-electron chi connectivity index (χ4n) is 4.22. The van der Waals surface area contributed by atoms with Gasteiger partial charge in [-0.05, 0) is 45.1 Å². The lowest BCUT2D eigenvalue weighted by Gasteiger charge is -2.16. The van der Waals surface area contributed by atoms with Crippen molar-refractivity contribution in [3.05, 3.63) is 35.9 Å². The van der Waals surface area contributed by atoms with E-state index in [0.717, 1.165) is 37.8 Å². The summed E-state index contributed by atoms with van der Waals surface area (Å²) >= 11 is 0. The number of amides is 1. The molecule has 3 unspecified atom stereocenters. The van der Waals surface area contributed by atoms with Crippen LogP contribution < -0.4 is 10.6 Å². The molecule has 0 aromatic carbocycles. The van der Waals surface area contributed by atoms with Crippen LogP contribution in [0.25, 0.3) is 5.52 Å². The molecule has 2 fully saturated rings. The van der Waals surface area contributed by atoms with Crippen molar-refractivity contribution in [2.45, 2.75) is 62.3 Å². The highest BCUT2D eigenvalue weighted by Gasteiger charge is 2.40. The van der Waals surface area contributed by atoms with Crippen molar-refractivity contribution >= 4 is 33.0 Å². The molecule has 2 aliphatic carbocycles. The molecule has 1 amide bonds. The molecule has 4 N–H and O–H groups in total. The molecule has 0 bridgehead atoms. The van der Waals surface area contributed by atoms with E-state index in [0.29, 0.717) is 22.8 Å². The van der Waals surface area contributed by atoms with E-state index in [-0.39, 0.29) is 29.4 Å². The summed E-state index contributed by atoms with van der Waals surface area (Å²) in [5.74, 6) is 1.52. The molecule has 33 heavy (non-hydrogen) atoms. The number of anilines is 2. The van der Waals surface area contributed by atoms with Crippen LogP contribution >= 0.6 is 0 Å². The van der Waals surface area contributed by atoms with Crippen molar-refractivity contribution in [2.24, 2.45) is 0 Å². The van der Waals surface area contributed by atoms with E-state index in [2.05, 4.69) is 30.9 Å². The lowest BCUT2D eigenvalue weighted by molar-refractivity contribution is 0.0967. The maximum absolute atomic E-state index is 12.1. The number of nitrogens with one attached hydrogen (secondary N) is 4. The molecular formula is C21H28N8O3S. The van der Waals surface area contributed by atoms with Crippen LogP contribution in [0.15, 0.2) is 24.5 Å². The minimum atomic E-state index is -2.69. The van der Waals surface area contributed by atoms with Gasteiger partial charge in [-0.1, -0.05) is 0 Å². The summed E-state index contributed by atoms with van der Waals surface area (Å²) in [7, 11) is -2.69. The highest BCUT2D eigenvalue weighted by Crippen LogP contribution is 2.37. The third-order valence-corrected chi connectivity index (χ3v) is 7.06. The molecule has 2 saturated carbocycles. The van der Waals surface area contributed by atoms with E-state index in [1.54, 1.807) is 23.0 Å². The maximum atomic E-state index is 12.1.